The Morgan fingerprint density at radius 3 is 2.67 bits per heavy atom. The highest BCUT2D eigenvalue weighted by atomic mass is 35.5. The zero-order chi connectivity index (χ0) is 11.4. The lowest BCUT2D eigenvalue weighted by atomic mass is 10.0. The number of rotatable bonds is 3. The number of aliphatic hydroxyl groups is 2. The van der Waals surface area contributed by atoms with Crippen LogP contribution in [0.5, 0.6) is 0 Å². The number of hydrogen-bond acceptors (Lipinski definition) is 4. The van der Waals surface area contributed by atoms with Crippen molar-refractivity contribution in [3.63, 3.8) is 0 Å². The summed E-state index contributed by atoms with van der Waals surface area (Å²) in [5.74, 6) is 0. The van der Waals surface area contributed by atoms with Gasteiger partial charge in [-0.15, -0.1) is 0 Å². The molecule has 0 amide bonds. The molecule has 5 heteroatoms. The first-order valence-corrected chi connectivity index (χ1v) is 4.73. The SMILES string of the molecule is N#Cc1cc(C(O)C(O)CN)ccc1Cl. The molecule has 0 saturated carbocycles. The van der Waals surface area contributed by atoms with Crippen molar-refractivity contribution in [1.82, 2.24) is 0 Å². The van der Waals surface area contributed by atoms with E-state index in [0.717, 1.165) is 0 Å². The van der Waals surface area contributed by atoms with E-state index in [4.69, 9.17) is 22.6 Å². The first-order valence-electron chi connectivity index (χ1n) is 4.36. The fraction of sp³-hybridized carbons (Fsp3) is 0.300. The van der Waals surface area contributed by atoms with Crippen LogP contribution in [-0.4, -0.2) is 22.9 Å². The largest absolute Gasteiger partial charge is 0.389 e. The molecule has 0 aromatic heterocycles. The molecule has 4 N–H and O–H groups in total. The van der Waals surface area contributed by atoms with Crippen LogP contribution in [0.25, 0.3) is 0 Å². The molecule has 0 aliphatic carbocycles. The maximum absolute atomic E-state index is 9.62. The van der Waals surface area contributed by atoms with Crippen molar-refractivity contribution in [3.05, 3.63) is 34.3 Å². The molecule has 15 heavy (non-hydrogen) atoms. The first-order chi connectivity index (χ1) is 7.10. The van der Waals surface area contributed by atoms with Gasteiger partial charge >= 0.3 is 0 Å². The highest BCUT2D eigenvalue weighted by Crippen LogP contribution is 2.22. The third kappa shape index (κ3) is 2.67. The standard InChI is InChI=1S/C10H11ClN2O2/c11-8-2-1-6(3-7(8)4-12)10(15)9(14)5-13/h1-3,9-10,14-15H,5,13H2. The molecule has 0 heterocycles. The Bertz CT molecular complexity index is 389. The second kappa shape index (κ2) is 5.10. The third-order valence-electron chi connectivity index (χ3n) is 2.06. The van der Waals surface area contributed by atoms with Gasteiger partial charge in [0.05, 0.1) is 16.7 Å². The molecule has 0 aliphatic rings. The predicted molar refractivity (Wildman–Crippen MR) is 56.2 cm³/mol. The van der Waals surface area contributed by atoms with Gasteiger partial charge in [-0.3, -0.25) is 0 Å². The van der Waals surface area contributed by atoms with Gasteiger partial charge in [0.15, 0.2) is 0 Å². The van der Waals surface area contributed by atoms with Crippen molar-refractivity contribution in [2.75, 3.05) is 6.54 Å². The molecule has 1 aromatic carbocycles. The van der Waals surface area contributed by atoms with Crippen molar-refractivity contribution in [3.8, 4) is 6.07 Å². The normalized spacial score (nSPS) is 14.3. The van der Waals surface area contributed by atoms with Gasteiger partial charge in [0, 0.05) is 6.54 Å². The minimum atomic E-state index is -1.10. The molecular formula is C10H11ClN2O2. The van der Waals surface area contributed by atoms with Crippen LogP contribution in [0.4, 0.5) is 0 Å². The van der Waals surface area contributed by atoms with E-state index in [9.17, 15) is 10.2 Å². The van der Waals surface area contributed by atoms with Gasteiger partial charge in [0.2, 0.25) is 0 Å². The van der Waals surface area contributed by atoms with Crippen LogP contribution in [0.1, 0.15) is 17.2 Å². The van der Waals surface area contributed by atoms with Gasteiger partial charge in [-0.2, -0.15) is 5.26 Å². The molecule has 4 nitrogen and oxygen atoms in total. The second-order valence-corrected chi connectivity index (χ2v) is 3.51. The monoisotopic (exact) mass is 226 g/mol. The van der Waals surface area contributed by atoms with Gasteiger partial charge in [0.1, 0.15) is 12.2 Å². The summed E-state index contributed by atoms with van der Waals surface area (Å²) in [5.41, 5.74) is 5.90. The molecule has 1 rings (SSSR count). The smallest absolute Gasteiger partial charge is 0.106 e. The molecule has 2 atom stereocenters. The summed E-state index contributed by atoms with van der Waals surface area (Å²) >= 11 is 5.72. The Labute approximate surface area is 92.5 Å². The van der Waals surface area contributed by atoms with Crippen LogP contribution < -0.4 is 5.73 Å². The van der Waals surface area contributed by atoms with E-state index in [2.05, 4.69) is 0 Å². The van der Waals surface area contributed by atoms with Gasteiger partial charge < -0.3 is 15.9 Å². The van der Waals surface area contributed by atoms with Crippen LogP contribution in [-0.2, 0) is 0 Å². The maximum Gasteiger partial charge on any atom is 0.106 e. The van der Waals surface area contributed by atoms with Gasteiger partial charge in [-0.05, 0) is 17.7 Å². The number of aliphatic hydroxyl groups excluding tert-OH is 2. The first kappa shape index (κ1) is 12.0. The number of nitriles is 1. The van der Waals surface area contributed by atoms with Crippen molar-refractivity contribution in [1.29, 1.82) is 5.26 Å². The number of hydrogen-bond donors (Lipinski definition) is 3. The molecule has 80 valence electrons. The molecular weight excluding hydrogens is 216 g/mol. The van der Waals surface area contributed by atoms with Crippen LogP contribution >= 0.6 is 11.6 Å². The van der Waals surface area contributed by atoms with E-state index in [-0.39, 0.29) is 12.1 Å². The molecule has 0 radical (unpaired) electrons. The molecule has 2 unspecified atom stereocenters. The van der Waals surface area contributed by atoms with E-state index in [1.807, 2.05) is 6.07 Å². The van der Waals surface area contributed by atoms with Crippen molar-refractivity contribution < 1.29 is 10.2 Å². The average molecular weight is 227 g/mol. The molecule has 0 bridgehead atoms. The maximum atomic E-state index is 9.62. The van der Waals surface area contributed by atoms with E-state index < -0.39 is 12.2 Å². The third-order valence-corrected chi connectivity index (χ3v) is 2.39. The van der Waals surface area contributed by atoms with Crippen LogP contribution in [0.15, 0.2) is 18.2 Å². The van der Waals surface area contributed by atoms with E-state index in [1.54, 1.807) is 6.07 Å². The topological polar surface area (TPSA) is 90.3 Å². The van der Waals surface area contributed by atoms with Gasteiger partial charge in [-0.25, -0.2) is 0 Å². The van der Waals surface area contributed by atoms with Gasteiger partial charge in [0.25, 0.3) is 0 Å². The molecule has 0 fully saturated rings. The molecule has 1 aromatic rings. The summed E-state index contributed by atoms with van der Waals surface area (Å²) in [4.78, 5) is 0. The van der Waals surface area contributed by atoms with E-state index in [0.29, 0.717) is 10.6 Å². The lowest BCUT2D eigenvalue weighted by Crippen LogP contribution is -2.27. The second-order valence-electron chi connectivity index (χ2n) is 3.10. The minimum absolute atomic E-state index is 0.0499. The zero-order valence-corrected chi connectivity index (χ0v) is 8.65. The summed E-state index contributed by atoms with van der Waals surface area (Å²) in [7, 11) is 0. The number of nitrogens with two attached hydrogens (primary N) is 1. The molecule has 0 saturated heterocycles. The average Bonchev–Trinajstić information content (AvgIpc) is 2.27. The summed E-state index contributed by atoms with van der Waals surface area (Å²) in [6.45, 7) is -0.0499. The molecule has 0 aliphatic heterocycles. The Hall–Kier alpha value is -1.12. The summed E-state index contributed by atoms with van der Waals surface area (Å²) in [6, 6.07) is 6.38. The summed E-state index contributed by atoms with van der Waals surface area (Å²) in [6.07, 6.45) is -2.14. The Balaban J connectivity index is 3.02. The van der Waals surface area contributed by atoms with Gasteiger partial charge in [-0.1, -0.05) is 17.7 Å². The van der Waals surface area contributed by atoms with Crippen LogP contribution in [0.2, 0.25) is 5.02 Å². The van der Waals surface area contributed by atoms with Crippen molar-refractivity contribution in [2.45, 2.75) is 12.2 Å². The fourth-order valence-electron chi connectivity index (χ4n) is 1.16. The quantitative estimate of drug-likeness (QED) is 0.703. The van der Waals surface area contributed by atoms with Crippen LogP contribution in [0.3, 0.4) is 0 Å². The molecule has 0 spiro atoms. The van der Waals surface area contributed by atoms with Crippen LogP contribution in [0, 0.1) is 11.3 Å². The summed E-state index contributed by atoms with van der Waals surface area (Å²) < 4.78 is 0. The van der Waals surface area contributed by atoms with Crippen molar-refractivity contribution in [2.24, 2.45) is 5.73 Å². The number of benzene rings is 1. The van der Waals surface area contributed by atoms with E-state index in [1.165, 1.54) is 12.1 Å². The lowest BCUT2D eigenvalue weighted by Gasteiger charge is -2.16. The highest BCUT2D eigenvalue weighted by molar-refractivity contribution is 6.31. The fourth-order valence-corrected chi connectivity index (χ4v) is 1.32. The van der Waals surface area contributed by atoms with Crippen molar-refractivity contribution >= 4 is 11.6 Å². The van der Waals surface area contributed by atoms with E-state index >= 15 is 0 Å². The number of nitrogens with zero attached hydrogens (tertiary/aromatic N) is 1. The zero-order valence-electron chi connectivity index (χ0n) is 7.89. The highest BCUT2D eigenvalue weighted by Gasteiger charge is 2.17. The Morgan fingerprint density at radius 2 is 2.13 bits per heavy atom. The Morgan fingerprint density at radius 1 is 1.47 bits per heavy atom. The predicted octanol–water partition coefficient (Wildman–Crippen LogP) is 0.565. The lowest BCUT2D eigenvalue weighted by molar-refractivity contribution is 0.0243. The Kier molecular flexibility index (Phi) is 4.06. The summed E-state index contributed by atoms with van der Waals surface area (Å²) in [5, 5.41) is 28.0. The minimum Gasteiger partial charge on any atom is -0.389 e. The number of halogens is 1.